The van der Waals surface area contributed by atoms with Crippen LogP contribution in [-0.4, -0.2) is 29.1 Å². The van der Waals surface area contributed by atoms with E-state index < -0.39 is 6.10 Å². The smallest absolute Gasteiger partial charge is 0.0917 e. The van der Waals surface area contributed by atoms with Crippen LogP contribution in [0.15, 0.2) is 24.3 Å². The first-order chi connectivity index (χ1) is 7.66. The third kappa shape index (κ3) is 2.54. The van der Waals surface area contributed by atoms with Crippen LogP contribution < -0.4 is 5.73 Å². The largest absolute Gasteiger partial charge is 0.399 e. The summed E-state index contributed by atoms with van der Waals surface area (Å²) in [5, 5.41) is 10.1. The lowest BCUT2D eigenvalue weighted by molar-refractivity contribution is 0.110. The van der Waals surface area contributed by atoms with E-state index in [0.717, 1.165) is 12.1 Å². The van der Waals surface area contributed by atoms with Crippen LogP contribution in [0, 0.1) is 0 Å². The van der Waals surface area contributed by atoms with Crippen molar-refractivity contribution >= 4 is 5.69 Å². The number of β-amino-alcohol motifs (C(OH)–C–C–N with tert-alkyl or cyclic N) is 1. The van der Waals surface area contributed by atoms with E-state index in [1.54, 1.807) is 0 Å². The second-order valence-electron chi connectivity index (χ2n) is 4.67. The van der Waals surface area contributed by atoms with Gasteiger partial charge in [-0.05, 0) is 44.0 Å². The molecule has 16 heavy (non-hydrogen) atoms. The third-order valence-electron chi connectivity index (χ3n) is 3.39. The first-order valence-electron chi connectivity index (χ1n) is 5.94. The minimum Gasteiger partial charge on any atom is -0.399 e. The van der Waals surface area contributed by atoms with Crippen molar-refractivity contribution in [3.05, 3.63) is 29.8 Å². The molecule has 3 heteroatoms. The van der Waals surface area contributed by atoms with Gasteiger partial charge in [0.05, 0.1) is 6.10 Å². The molecule has 0 amide bonds. The molecule has 1 heterocycles. The third-order valence-corrected chi connectivity index (χ3v) is 3.39. The SMILES string of the molecule is CC1CCCN1CC(O)c1cccc(N)c1. The molecule has 1 aliphatic rings. The van der Waals surface area contributed by atoms with Crippen molar-refractivity contribution in [1.29, 1.82) is 0 Å². The highest BCUT2D eigenvalue weighted by atomic mass is 16.3. The highest BCUT2D eigenvalue weighted by Gasteiger charge is 2.22. The summed E-state index contributed by atoms with van der Waals surface area (Å²) < 4.78 is 0. The average Bonchev–Trinajstić information content (AvgIpc) is 2.64. The summed E-state index contributed by atoms with van der Waals surface area (Å²) in [7, 11) is 0. The van der Waals surface area contributed by atoms with E-state index in [-0.39, 0.29) is 0 Å². The molecule has 0 aromatic heterocycles. The lowest BCUT2D eigenvalue weighted by atomic mass is 10.1. The molecule has 1 aromatic rings. The maximum atomic E-state index is 10.1. The second-order valence-corrected chi connectivity index (χ2v) is 4.67. The zero-order chi connectivity index (χ0) is 11.5. The molecule has 0 spiro atoms. The normalized spacial score (nSPS) is 23.5. The van der Waals surface area contributed by atoms with Gasteiger partial charge in [-0.2, -0.15) is 0 Å². The van der Waals surface area contributed by atoms with Gasteiger partial charge >= 0.3 is 0 Å². The van der Waals surface area contributed by atoms with E-state index in [1.165, 1.54) is 12.8 Å². The van der Waals surface area contributed by atoms with Crippen molar-refractivity contribution in [2.45, 2.75) is 31.9 Å². The molecule has 88 valence electrons. The fraction of sp³-hybridized carbons (Fsp3) is 0.538. The Hall–Kier alpha value is -1.06. The van der Waals surface area contributed by atoms with Gasteiger partial charge in [-0.1, -0.05) is 12.1 Å². The van der Waals surface area contributed by atoms with E-state index >= 15 is 0 Å². The van der Waals surface area contributed by atoms with Crippen molar-refractivity contribution in [3.8, 4) is 0 Å². The summed E-state index contributed by atoms with van der Waals surface area (Å²) in [6.45, 7) is 4.03. The number of nitrogen functional groups attached to an aromatic ring is 1. The van der Waals surface area contributed by atoms with E-state index in [2.05, 4.69) is 11.8 Å². The number of hydrogen-bond donors (Lipinski definition) is 2. The minimum atomic E-state index is -0.427. The Labute approximate surface area is 96.9 Å². The highest BCUT2D eigenvalue weighted by molar-refractivity contribution is 5.41. The van der Waals surface area contributed by atoms with Gasteiger partial charge in [0, 0.05) is 18.3 Å². The summed E-state index contributed by atoms with van der Waals surface area (Å²) in [6.07, 6.45) is 2.05. The molecule has 2 rings (SSSR count). The quantitative estimate of drug-likeness (QED) is 0.763. The lowest BCUT2D eigenvalue weighted by Gasteiger charge is -2.24. The van der Waals surface area contributed by atoms with Gasteiger partial charge < -0.3 is 10.8 Å². The van der Waals surface area contributed by atoms with E-state index in [1.807, 2.05) is 24.3 Å². The minimum absolute atomic E-state index is 0.427. The Morgan fingerprint density at radius 2 is 2.38 bits per heavy atom. The Morgan fingerprint density at radius 1 is 1.56 bits per heavy atom. The van der Waals surface area contributed by atoms with Crippen molar-refractivity contribution in [1.82, 2.24) is 4.90 Å². The molecular weight excluding hydrogens is 200 g/mol. The number of benzene rings is 1. The number of nitrogens with zero attached hydrogens (tertiary/aromatic N) is 1. The molecule has 1 aliphatic heterocycles. The number of likely N-dealkylation sites (tertiary alicyclic amines) is 1. The number of anilines is 1. The van der Waals surface area contributed by atoms with Crippen LogP contribution in [0.4, 0.5) is 5.69 Å². The average molecular weight is 220 g/mol. The first kappa shape index (κ1) is 11.4. The molecule has 3 N–H and O–H groups in total. The molecule has 2 atom stereocenters. The van der Waals surface area contributed by atoms with Crippen LogP contribution in [0.1, 0.15) is 31.4 Å². The summed E-state index contributed by atoms with van der Waals surface area (Å²) in [5.74, 6) is 0. The first-order valence-corrected chi connectivity index (χ1v) is 5.94. The van der Waals surface area contributed by atoms with Gasteiger partial charge in [-0.3, -0.25) is 4.90 Å². The zero-order valence-electron chi connectivity index (χ0n) is 9.76. The molecule has 1 fully saturated rings. The molecule has 2 unspecified atom stereocenters. The zero-order valence-corrected chi connectivity index (χ0v) is 9.76. The molecule has 0 bridgehead atoms. The van der Waals surface area contributed by atoms with Crippen LogP contribution in [0.25, 0.3) is 0 Å². The standard InChI is InChI=1S/C13H20N2O/c1-10-4-3-7-15(10)9-13(16)11-5-2-6-12(14)8-11/h2,5-6,8,10,13,16H,3-4,7,9,14H2,1H3. The summed E-state index contributed by atoms with van der Waals surface area (Å²) in [6, 6.07) is 8.11. The van der Waals surface area contributed by atoms with Crippen molar-refractivity contribution in [2.24, 2.45) is 0 Å². The van der Waals surface area contributed by atoms with Gasteiger partial charge in [0.2, 0.25) is 0 Å². The lowest BCUT2D eigenvalue weighted by Crippen LogP contribution is -2.31. The molecule has 0 aliphatic carbocycles. The van der Waals surface area contributed by atoms with Crippen LogP contribution in [0.3, 0.4) is 0 Å². The maximum absolute atomic E-state index is 10.1. The fourth-order valence-electron chi connectivity index (χ4n) is 2.36. The van der Waals surface area contributed by atoms with Gasteiger partial charge in [0.15, 0.2) is 0 Å². The van der Waals surface area contributed by atoms with Crippen molar-refractivity contribution < 1.29 is 5.11 Å². The van der Waals surface area contributed by atoms with Crippen molar-refractivity contribution in [3.63, 3.8) is 0 Å². The van der Waals surface area contributed by atoms with Crippen LogP contribution in [-0.2, 0) is 0 Å². The summed E-state index contributed by atoms with van der Waals surface area (Å²) in [5.41, 5.74) is 7.34. The van der Waals surface area contributed by atoms with Crippen molar-refractivity contribution in [2.75, 3.05) is 18.8 Å². The van der Waals surface area contributed by atoms with E-state index in [9.17, 15) is 5.11 Å². The number of hydrogen-bond acceptors (Lipinski definition) is 3. The number of aliphatic hydroxyl groups excluding tert-OH is 1. The number of nitrogens with two attached hydrogens (primary N) is 1. The fourth-order valence-corrected chi connectivity index (χ4v) is 2.36. The number of aliphatic hydroxyl groups is 1. The van der Waals surface area contributed by atoms with Gasteiger partial charge in [-0.15, -0.1) is 0 Å². The Balaban J connectivity index is 1.99. The Kier molecular flexibility index (Phi) is 3.46. The van der Waals surface area contributed by atoms with E-state index in [0.29, 0.717) is 18.3 Å². The molecule has 3 nitrogen and oxygen atoms in total. The summed E-state index contributed by atoms with van der Waals surface area (Å²) in [4.78, 5) is 2.34. The number of rotatable bonds is 3. The van der Waals surface area contributed by atoms with Gasteiger partial charge in [0.25, 0.3) is 0 Å². The maximum Gasteiger partial charge on any atom is 0.0917 e. The Bertz CT molecular complexity index is 354. The van der Waals surface area contributed by atoms with Gasteiger partial charge in [-0.25, -0.2) is 0 Å². The molecule has 1 saturated heterocycles. The Morgan fingerprint density at radius 3 is 3.00 bits per heavy atom. The predicted molar refractivity (Wildman–Crippen MR) is 66.1 cm³/mol. The van der Waals surface area contributed by atoms with Crippen LogP contribution in [0.2, 0.25) is 0 Å². The second kappa shape index (κ2) is 4.85. The monoisotopic (exact) mass is 220 g/mol. The molecular formula is C13H20N2O. The van der Waals surface area contributed by atoms with Crippen LogP contribution >= 0.6 is 0 Å². The molecule has 1 aromatic carbocycles. The predicted octanol–water partition coefficient (Wildman–Crippen LogP) is 1.79. The topological polar surface area (TPSA) is 49.5 Å². The van der Waals surface area contributed by atoms with Crippen LogP contribution in [0.5, 0.6) is 0 Å². The molecule has 0 saturated carbocycles. The van der Waals surface area contributed by atoms with Gasteiger partial charge in [0.1, 0.15) is 0 Å². The van der Waals surface area contributed by atoms with E-state index in [4.69, 9.17) is 5.73 Å². The molecule has 0 radical (unpaired) electrons. The highest BCUT2D eigenvalue weighted by Crippen LogP contribution is 2.22. The summed E-state index contributed by atoms with van der Waals surface area (Å²) >= 11 is 0.